The van der Waals surface area contributed by atoms with E-state index < -0.39 is 0 Å². The molecule has 2 N–H and O–H groups in total. The van der Waals surface area contributed by atoms with Gasteiger partial charge in [-0.05, 0) is 37.7 Å². The molecule has 28 heavy (non-hydrogen) atoms. The Morgan fingerprint density at radius 2 is 1.71 bits per heavy atom. The summed E-state index contributed by atoms with van der Waals surface area (Å²) in [4.78, 5) is 11.7. The minimum Gasteiger partial charge on any atom is -0.357 e. The molecule has 0 spiro atoms. The van der Waals surface area contributed by atoms with Crippen molar-refractivity contribution in [1.82, 2.24) is 20.5 Å². The first-order valence-electron chi connectivity index (χ1n) is 9.99. The lowest BCUT2D eigenvalue weighted by Crippen LogP contribution is -2.39. The van der Waals surface area contributed by atoms with Crippen molar-refractivity contribution >= 4 is 29.9 Å². The van der Waals surface area contributed by atoms with E-state index in [1.807, 2.05) is 18.3 Å². The van der Waals surface area contributed by atoms with E-state index in [9.17, 15) is 0 Å². The Bertz CT molecular complexity index is 659. The van der Waals surface area contributed by atoms with Gasteiger partial charge in [-0.3, -0.25) is 14.9 Å². The quantitative estimate of drug-likeness (QED) is 0.299. The molecule has 0 amide bonds. The number of guanidine groups is 1. The van der Waals surface area contributed by atoms with Crippen LogP contribution < -0.4 is 10.6 Å². The second-order valence-electron chi connectivity index (χ2n) is 6.37. The number of hydrogen-bond donors (Lipinski definition) is 2. The van der Waals surface area contributed by atoms with Crippen LogP contribution in [0.3, 0.4) is 0 Å². The molecule has 1 heterocycles. The number of pyridine rings is 1. The molecular formula is C22H34IN5. The van der Waals surface area contributed by atoms with E-state index in [0.717, 1.165) is 50.8 Å². The number of nitrogens with zero attached hydrogens (tertiary/aromatic N) is 3. The van der Waals surface area contributed by atoms with Crippen molar-refractivity contribution in [3.8, 4) is 0 Å². The number of likely N-dealkylation sites (N-methyl/N-ethyl adjacent to an activating group) is 1. The Morgan fingerprint density at radius 3 is 2.32 bits per heavy atom. The van der Waals surface area contributed by atoms with E-state index in [2.05, 4.69) is 77.7 Å². The van der Waals surface area contributed by atoms with Crippen LogP contribution in [-0.4, -0.2) is 48.6 Å². The fraction of sp³-hybridized carbons (Fsp3) is 0.455. The first-order valence-corrected chi connectivity index (χ1v) is 9.99. The number of aromatic nitrogens is 1. The summed E-state index contributed by atoms with van der Waals surface area (Å²) < 4.78 is 0. The smallest absolute Gasteiger partial charge is 0.191 e. The summed E-state index contributed by atoms with van der Waals surface area (Å²) in [6, 6.07) is 17.0. The third-order valence-corrected chi connectivity index (χ3v) is 4.60. The van der Waals surface area contributed by atoms with Crippen molar-refractivity contribution in [3.63, 3.8) is 0 Å². The maximum absolute atomic E-state index is 4.87. The second-order valence-corrected chi connectivity index (χ2v) is 6.37. The van der Waals surface area contributed by atoms with Gasteiger partial charge in [-0.1, -0.05) is 50.2 Å². The summed E-state index contributed by atoms with van der Waals surface area (Å²) in [6.07, 6.45) is 2.71. The highest BCUT2D eigenvalue weighted by Gasteiger charge is 2.17. The van der Waals surface area contributed by atoms with Gasteiger partial charge in [0.2, 0.25) is 0 Å². The second kappa shape index (κ2) is 14.3. The first kappa shape index (κ1) is 24.4. The minimum absolute atomic E-state index is 0. The van der Waals surface area contributed by atoms with Crippen LogP contribution >= 0.6 is 24.0 Å². The Labute approximate surface area is 187 Å². The summed E-state index contributed by atoms with van der Waals surface area (Å²) in [5.74, 6) is 0.863. The van der Waals surface area contributed by atoms with Gasteiger partial charge >= 0.3 is 0 Å². The molecule has 0 radical (unpaired) electrons. The van der Waals surface area contributed by atoms with Crippen LogP contribution in [0.1, 0.15) is 38.1 Å². The lowest BCUT2D eigenvalue weighted by Gasteiger charge is -2.29. The first-order chi connectivity index (χ1) is 13.3. The number of benzene rings is 1. The molecule has 1 unspecified atom stereocenters. The van der Waals surface area contributed by atoms with Crippen molar-refractivity contribution in [3.05, 3.63) is 66.0 Å². The summed E-state index contributed by atoms with van der Waals surface area (Å²) in [5.41, 5.74) is 2.40. The fourth-order valence-corrected chi connectivity index (χ4v) is 3.15. The SMILES string of the molecule is CCNC(=NCC(c1ccccc1)N(CC)CC)NCCc1ccccn1.I. The molecule has 0 aliphatic carbocycles. The van der Waals surface area contributed by atoms with Crippen LogP contribution in [0.5, 0.6) is 0 Å². The van der Waals surface area contributed by atoms with Crippen LogP contribution in [0, 0.1) is 0 Å². The van der Waals surface area contributed by atoms with E-state index >= 15 is 0 Å². The van der Waals surface area contributed by atoms with E-state index in [1.54, 1.807) is 0 Å². The third-order valence-electron chi connectivity index (χ3n) is 4.60. The largest absolute Gasteiger partial charge is 0.357 e. The normalized spacial score (nSPS) is 12.4. The monoisotopic (exact) mass is 495 g/mol. The van der Waals surface area contributed by atoms with Crippen LogP contribution in [-0.2, 0) is 6.42 Å². The molecule has 5 nitrogen and oxygen atoms in total. The number of hydrogen-bond acceptors (Lipinski definition) is 3. The molecule has 1 atom stereocenters. The highest BCUT2D eigenvalue weighted by atomic mass is 127. The Kier molecular flexibility index (Phi) is 12.5. The van der Waals surface area contributed by atoms with E-state index in [0.29, 0.717) is 0 Å². The van der Waals surface area contributed by atoms with Gasteiger partial charge in [-0.25, -0.2) is 0 Å². The average Bonchev–Trinajstić information content (AvgIpc) is 2.72. The van der Waals surface area contributed by atoms with E-state index in [1.165, 1.54) is 5.56 Å². The summed E-state index contributed by atoms with van der Waals surface area (Å²) >= 11 is 0. The van der Waals surface area contributed by atoms with E-state index in [4.69, 9.17) is 4.99 Å². The van der Waals surface area contributed by atoms with Crippen LogP contribution in [0.4, 0.5) is 0 Å². The minimum atomic E-state index is 0. The van der Waals surface area contributed by atoms with Crippen molar-refractivity contribution in [2.45, 2.75) is 33.2 Å². The molecule has 1 aromatic carbocycles. The molecule has 0 saturated carbocycles. The maximum atomic E-state index is 4.87. The summed E-state index contributed by atoms with van der Waals surface area (Å²) in [5, 5.41) is 6.78. The number of nitrogens with one attached hydrogen (secondary N) is 2. The van der Waals surface area contributed by atoms with Gasteiger partial charge < -0.3 is 10.6 Å². The Morgan fingerprint density at radius 1 is 1.00 bits per heavy atom. The summed E-state index contributed by atoms with van der Waals surface area (Å²) in [7, 11) is 0. The van der Waals surface area contributed by atoms with Crippen LogP contribution in [0.25, 0.3) is 0 Å². The average molecular weight is 495 g/mol. The Hall–Kier alpha value is -1.67. The molecular weight excluding hydrogens is 461 g/mol. The highest BCUT2D eigenvalue weighted by Crippen LogP contribution is 2.20. The zero-order chi connectivity index (χ0) is 19.3. The molecule has 0 fully saturated rings. The van der Waals surface area contributed by atoms with Gasteiger partial charge in [0.1, 0.15) is 0 Å². The lowest BCUT2D eigenvalue weighted by atomic mass is 10.1. The molecule has 0 aliphatic heterocycles. The zero-order valence-electron chi connectivity index (χ0n) is 17.3. The maximum Gasteiger partial charge on any atom is 0.191 e. The van der Waals surface area contributed by atoms with Crippen LogP contribution in [0.2, 0.25) is 0 Å². The molecule has 2 rings (SSSR count). The van der Waals surface area contributed by atoms with Crippen LogP contribution in [0.15, 0.2) is 59.7 Å². The van der Waals surface area contributed by atoms with Crippen molar-refractivity contribution in [2.75, 3.05) is 32.7 Å². The van der Waals surface area contributed by atoms with E-state index in [-0.39, 0.29) is 30.0 Å². The Balaban J connectivity index is 0.00000392. The molecule has 0 saturated heterocycles. The highest BCUT2D eigenvalue weighted by molar-refractivity contribution is 14.0. The van der Waals surface area contributed by atoms with Gasteiger partial charge in [-0.15, -0.1) is 24.0 Å². The van der Waals surface area contributed by atoms with Gasteiger partial charge in [0, 0.05) is 31.4 Å². The number of rotatable bonds is 10. The number of aliphatic imine (C=N–C) groups is 1. The molecule has 2 aromatic rings. The molecule has 0 aliphatic rings. The molecule has 154 valence electrons. The zero-order valence-corrected chi connectivity index (χ0v) is 19.6. The van der Waals surface area contributed by atoms with Gasteiger partial charge in [0.25, 0.3) is 0 Å². The van der Waals surface area contributed by atoms with Gasteiger partial charge in [0.15, 0.2) is 5.96 Å². The van der Waals surface area contributed by atoms with Crippen molar-refractivity contribution < 1.29 is 0 Å². The molecule has 1 aromatic heterocycles. The fourth-order valence-electron chi connectivity index (χ4n) is 3.15. The number of halogens is 1. The van der Waals surface area contributed by atoms with Gasteiger partial charge in [-0.2, -0.15) is 0 Å². The van der Waals surface area contributed by atoms with Crippen molar-refractivity contribution in [2.24, 2.45) is 4.99 Å². The molecule has 0 bridgehead atoms. The predicted molar refractivity (Wildman–Crippen MR) is 129 cm³/mol. The lowest BCUT2D eigenvalue weighted by molar-refractivity contribution is 0.224. The summed E-state index contributed by atoms with van der Waals surface area (Å²) in [6.45, 7) is 10.9. The van der Waals surface area contributed by atoms with Gasteiger partial charge in [0.05, 0.1) is 12.6 Å². The third kappa shape index (κ3) is 8.14. The standard InChI is InChI=1S/C22H33N5.HI/c1-4-23-22(25-17-15-20-14-10-11-16-24-20)26-18-21(27(5-2)6-3)19-12-8-7-9-13-19;/h7-14,16,21H,4-6,15,17-18H2,1-3H3,(H2,23,25,26);1H. The predicted octanol–water partition coefficient (Wildman–Crippen LogP) is 3.88. The van der Waals surface area contributed by atoms with Crippen molar-refractivity contribution in [1.29, 1.82) is 0 Å². The molecule has 6 heteroatoms. The topological polar surface area (TPSA) is 52.6 Å².